The zero-order valence-electron chi connectivity index (χ0n) is 16.6. The van der Waals surface area contributed by atoms with Crippen molar-refractivity contribution in [3.63, 3.8) is 0 Å². The molecule has 158 valence electrons. The summed E-state index contributed by atoms with van der Waals surface area (Å²) >= 11 is 0. The van der Waals surface area contributed by atoms with Crippen LogP contribution >= 0.6 is 24.0 Å². The number of hydrogen-bond donors (Lipinski definition) is 3. The van der Waals surface area contributed by atoms with Gasteiger partial charge >= 0.3 is 0 Å². The summed E-state index contributed by atoms with van der Waals surface area (Å²) in [5.41, 5.74) is 1.01. The zero-order valence-corrected chi connectivity index (χ0v) is 19.8. The van der Waals surface area contributed by atoms with E-state index < -0.39 is 10.0 Å². The van der Waals surface area contributed by atoms with E-state index in [0.717, 1.165) is 37.5 Å². The highest BCUT2D eigenvalue weighted by molar-refractivity contribution is 14.0. The van der Waals surface area contributed by atoms with Crippen molar-refractivity contribution in [2.75, 3.05) is 26.7 Å². The molecule has 0 spiro atoms. The molecule has 1 aromatic carbocycles. The van der Waals surface area contributed by atoms with Crippen molar-refractivity contribution in [1.82, 2.24) is 20.3 Å². The fourth-order valence-corrected chi connectivity index (χ4v) is 4.74. The number of rotatable bonds is 8. The Balaban J connectivity index is 0.00000280. The lowest BCUT2D eigenvalue weighted by Crippen LogP contribution is -2.44. The van der Waals surface area contributed by atoms with Crippen LogP contribution in [0, 0.1) is 0 Å². The minimum absolute atomic E-state index is 0. The normalized spacial score (nSPS) is 20.6. The summed E-state index contributed by atoms with van der Waals surface area (Å²) in [5.74, 6) is 0.769. The highest BCUT2D eigenvalue weighted by Gasteiger charge is 2.27. The highest BCUT2D eigenvalue weighted by Crippen LogP contribution is 2.22. The Bertz CT molecular complexity index is 750. The summed E-state index contributed by atoms with van der Waals surface area (Å²) in [4.78, 5) is 7.10. The van der Waals surface area contributed by atoms with Crippen molar-refractivity contribution in [2.45, 2.75) is 56.1 Å². The van der Waals surface area contributed by atoms with Gasteiger partial charge in [0.2, 0.25) is 10.0 Å². The van der Waals surface area contributed by atoms with Crippen LogP contribution in [-0.4, -0.2) is 58.0 Å². The Labute approximate surface area is 185 Å². The monoisotopic (exact) mass is 521 g/mol. The molecule has 0 aromatic heterocycles. The Kier molecular flexibility index (Phi) is 8.97. The van der Waals surface area contributed by atoms with E-state index in [1.54, 1.807) is 19.2 Å². The predicted molar refractivity (Wildman–Crippen MR) is 124 cm³/mol. The molecule has 1 atom stereocenters. The van der Waals surface area contributed by atoms with Gasteiger partial charge in [0.15, 0.2) is 5.96 Å². The number of aliphatic imine (C=N–C) groups is 1. The van der Waals surface area contributed by atoms with E-state index in [4.69, 9.17) is 0 Å². The third-order valence-corrected chi connectivity index (χ3v) is 6.76. The third kappa shape index (κ3) is 6.57. The lowest BCUT2D eigenvalue weighted by molar-refractivity contribution is 0.267. The highest BCUT2D eigenvalue weighted by atomic mass is 127. The van der Waals surface area contributed by atoms with E-state index >= 15 is 0 Å². The van der Waals surface area contributed by atoms with Gasteiger partial charge in [0.1, 0.15) is 0 Å². The van der Waals surface area contributed by atoms with Crippen molar-refractivity contribution in [3.8, 4) is 0 Å². The largest absolute Gasteiger partial charge is 0.355 e. The van der Waals surface area contributed by atoms with Gasteiger partial charge in [-0.05, 0) is 56.5 Å². The molecule has 2 aliphatic rings. The maximum Gasteiger partial charge on any atom is 0.240 e. The second-order valence-corrected chi connectivity index (χ2v) is 8.98. The van der Waals surface area contributed by atoms with E-state index in [1.165, 1.54) is 19.4 Å². The first-order chi connectivity index (χ1) is 13.0. The van der Waals surface area contributed by atoms with Crippen LogP contribution in [0.4, 0.5) is 0 Å². The third-order valence-electron chi connectivity index (χ3n) is 5.23. The van der Waals surface area contributed by atoms with Crippen LogP contribution < -0.4 is 15.4 Å². The van der Waals surface area contributed by atoms with Gasteiger partial charge in [-0.1, -0.05) is 19.1 Å². The zero-order chi connectivity index (χ0) is 19.3. The van der Waals surface area contributed by atoms with E-state index in [0.29, 0.717) is 17.5 Å². The molecule has 0 bridgehead atoms. The number of nitrogens with zero attached hydrogens (tertiary/aromatic N) is 2. The van der Waals surface area contributed by atoms with Crippen molar-refractivity contribution in [3.05, 3.63) is 29.8 Å². The molecule has 9 heteroatoms. The van der Waals surface area contributed by atoms with Gasteiger partial charge in [-0.25, -0.2) is 13.1 Å². The van der Waals surface area contributed by atoms with Crippen LogP contribution in [0.15, 0.2) is 34.2 Å². The molecule has 3 rings (SSSR count). The van der Waals surface area contributed by atoms with Crippen molar-refractivity contribution in [1.29, 1.82) is 0 Å². The van der Waals surface area contributed by atoms with E-state index in [9.17, 15) is 8.42 Å². The summed E-state index contributed by atoms with van der Waals surface area (Å²) in [6.45, 7) is 5.95. The van der Waals surface area contributed by atoms with Gasteiger partial charge in [-0.15, -0.1) is 24.0 Å². The molecule has 7 nitrogen and oxygen atoms in total. The average Bonchev–Trinajstić information content (AvgIpc) is 3.35. The molecule has 1 aliphatic heterocycles. The molecule has 1 aliphatic carbocycles. The molecule has 0 amide bonds. The minimum atomic E-state index is -3.39. The summed E-state index contributed by atoms with van der Waals surface area (Å²) < 4.78 is 27.1. The summed E-state index contributed by atoms with van der Waals surface area (Å²) in [6, 6.07) is 7.70. The molecule has 3 N–H and O–H groups in total. The Morgan fingerprint density at radius 2 is 1.89 bits per heavy atom. The number of nitrogens with one attached hydrogen (secondary N) is 3. The lowest BCUT2D eigenvalue weighted by Gasteiger charge is -2.24. The molecule has 1 unspecified atom stereocenters. The average molecular weight is 521 g/mol. The maximum atomic E-state index is 12.2. The predicted octanol–water partition coefficient (Wildman–Crippen LogP) is 1.89. The van der Waals surface area contributed by atoms with Crippen molar-refractivity contribution in [2.24, 2.45) is 4.99 Å². The van der Waals surface area contributed by atoms with Crippen LogP contribution in [0.3, 0.4) is 0 Å². The first-order valence-corrected chi connectivity index (χ1v) is 11.3. The number of hydrogen-bond acceptors (Lipinski definition) is 4. The summed E-state index contributed by atoms with van der Waals surface area (Å²) in [7, 11) is -1.62. The van der Waals surface area contributed by atoms with E-state index in [-0.39, 0.29) is 30.0 Å². The van der Waals surface area contributed by atoms with Gasteiger partial charge in [0.05, 0.1) is 4.90 Å². The lowest BCUT2D eigenvalue weighted by atomic mass is 10.2. The fourth-order valence-electron chi connectivity index (χ4n) is 3.44. The molecular weight excluding hydrogens is 489 g/mol. The van der Waals surface area contributed by atoms with Gasteiger partial charge in [-0.3, -0.25) is 9.89 Å². The summed E-state index contributed by atoms with van der Waals surface area (Å²) in [5, 5.41) is 6.70. The van der Waals surface area contributed by atoms with Gasteiger partial charge < -0.3 is 10.6 Å². The smallest absolute Gasteiger partial charge is 0.240 e. The van der Waals surface area contributed by atoms with E-state index in [2.05, 4.69) is 32.2 Å². The van der Waals surface area contributed by atoms with Crippen LogP contribution in [0.1, 0.15) is 38.2 Å². The Hall–Kier alpha value is -0.910. The fraction of sp³-hybridized carbons (Fsp3) is 0.632. The van der Waals surface area contributed by atoms with Crippen LogP contribution in [0.25, 0.3) is 0 Å². The van der Waals surface area contributed by atoms with Crippen LogP contribution in [0.2, 0.25) is 0 Å². The quantitative estimate of drug-likeness (QED) is 0.277. The number of halogens is 1. The van der Waals surface area contributed by atoms with Gasteiger partial charge in [0.25, 0.3) is 0 Å². The number of benzene rings is 1. The number of likely N-dealkylation sites (N-methyl/N-ethyl adjacent to an activating group) is 1. The molecule has 1 saturated heterocycles. The first kappa shape index (κ1) is 23.4. The summed E-state index contributed by atoms with van der Waals surface area (Å²) in [6.07, 6.45) is 4.36. The maximum absolute atomic E-state index is 12.2. The van der Waals surface area contributed by atoms with Gasteiger partial charge in [0, 0.05) is 32.2 Å². The van der Waals surface area contributed by atoms with Crippen molar-refractivity contribution < 1.29 is 8.42 Å². The second-order valence-electron chi connectivity index (χ2n) is 7.27. The molecule has 0 radical (unpaired) electrons. The molecule has 2 fully saturated rings. The van der Waals surface area contributed by atoms with E-state index in [1.807, 2.05) is 12.1 Å². The molecular formula is C19H32IN5O2S. The number of guanidine groups is 1. The Morgan fingerprint density at radius 3 is 2.50 bits per heavy atom. The topological polar surface area (TPSA) is 85.8 Å². The standard InChI is InChI=1S/C19H31N5O2S.HI/c1-3-24-12-4-5-17(24)14-22-19(20-2)21-13-15-6-10-18(11-7-15)27(25,26)23-16-8-9-16;/h6-7,10-11,16-17,23H,3-5,8-9,12-14H2,1-2H3,(H2,20,21,22);1H. The molecule has 28 heavy (non-hydrogen) atoms. The van der Waals surface area contributed by atoms with Crippen LogP contribution in [0.5, 0.6) is 0 Å². The van der Waals surface area contributed by atoms with Crippen molar-refractivity contribution >= 4 is 40.0 Å². The molecule has 1 saturated carbocycles. The number of sulfonamides is 1. The number of likely N-dealkylation sites (tertiary alicyclic amines) is 1. The van der Waals surface area contributed by atoms with Crippen LogP contribution in [-0.2, 0) is 16.6 Å². The molecule has 1 heterocycles. The Morgan fingerprint density at radius 1 is 1.18 bits per heavy atom. The second kappa shape index (κ2) is 10.7. The SMILES string of the molecule is CCN1CCCC1CNC(=NC)NCc1ccc(S(=O)(=O)NC2CC2)cc1.I. The minimum Gasteiger partial charge on any atom is -0.355 e. The first-order valence-electron chi connectivity index (χ1n) is 9.81. The molecule has 1 aromatic rings. The van der Waals surface area contributed by atoms with Gasteiger partial charge in [-0.2, -0.15) is 0 Å².